The molecule has 0 bridgehead atoms. The molecule has 62 valence electrons. The van der Waals surface area contributed by atoms with Crippen LogP contribution in [0.5, 0.6) is 0 Å². The van der Waals surface area contributed by atoms with Gasteiger partial charge >= 0.3 is 29.6 Å². The first-order valence-corrected chi connectivity index (χ1v) is 3.65. The third-order valence-electron chi connectivity index (χ3n) is 0.776. The van der Waals surface area contributed by atoms with E-state index in [2.05, 4.69) is 0 Å². The van der Waals surface area contributed by atoms with Gasteiger partial charge in [-0.05, 0) is 18.2 Å². The molecule has 2 N–H and O–H groups in total. The van der Waals surface area contributed by atoms with Gasteiger partial charge in [-0.2, -0.15) is 0 Å². The van der Waals surface area contributed by atoms with Crippen LogP contribution in [0.25, 0.3) is 0 Å². The summed E-state index contributed by atoms with van der Waals surface area (Å²) in [5.41, 5.74) is 0. The number of hydroxylamine groups is 2. The third-order valence-corrected chi connectivity index (χ3v) is 1.18. The quantitative estimate of drug-likeness (QED) is 0.217. The summed E-state index contributed by atoms with van der Waals surface area (Å²) in [4.78, 5) is 5.04. The molecular weight excluding hydrogens is 193 g/mol. The normalized spacial score (nSPS) is 7.45. The molecule has 6 heteroatoms. The first kappa shape index (κ1) is 17.9. The van der Waals surface area contributed by atoms with E-state index >= 15 is 0 Å². The van der Waals surface area contributed by atoms with E-state index < -0.39 is 0 Å². The van der Waals surface area contributed by atoms with Crippen molar-refractivity contribution in [2.45, 2.75) is 13.8 Å². The fourth-order valence-corrected chi connectivity index (χ4v) is 0.793. The largest absolute Gasteiger partial charge is 1.00 e. The van der Waals surface area contributed by atoms with E-state index in [1.165, 1.54) is 5.06 Å². The Morgan fingerprint density at radius 1 is 1.55 bits per heavy atom. The molecule has 0 unspecified atom stereocenters. The van der Waals surface area contributed by atoms with E-state index in [1.54, 1.807) is 0 Å². The van der Waals surface area contributed by atoms with Crippen molar-refractivity contribution in [3.05, 3.63) is 0 Å². The van der Waals surface area contributed by atoms with E-state index in [9.17, 15) is 0 Å². The first-order chi connectivity index (χ1) is 4.22. The monoisotopic (exact) mass is 205 g/mol. The molecule has 0 rings (SSSR count). The zero-order valence-corrected chi connectivity index (χ0v) is 10.7. The van der Waals surface area contributed by atoms with Crippen molar-refractivity contribution in [1.82, 2.24) is 5.06 Å². The zero-order chi connectivity index (χ0) is 7.28. The van der Waals surface area contributed by atoms with E-state index in [0.717, 1.165) is 6.54 Å². The number of hydrogen-bond acceptors (Lipinski definition) is 3. The molecule has 0 aliphatic rings. The summed E-state index contributed by atoms with van der Waals surface area (Å²) < 4.78 is 0.374. The molecule has 11 heavy (non-hydrogen) atoms. The number of rotatable bonds is 3. The Labute approximate surface area is 100 Å². The van der Waals surface area contributed by atoms with Gasteiger partial charge in [-0.15, -0.1) is 0 Å². The van der Waals surface area contributed by atoms with Crippen LogP contribution in [0.15, 0.2) is 0 Å². The molecule has 0 amide bonds. The Balaban J connectivity index is -0.000000320. The van der Waals surface area contributed by atoms with Crippen LogP contribution < -0.4 is 29.6 Å². The van der Waals surface area contributed by atoms with E-state index in [0.29, 0.717) is 10.9 Å². The van der Waals surface area contributed by atoms with Crippen molar-refractivity contribution < 1.29 is 39.9 Å². The van der Waals surface area contributed by atoms with Crippen molar-refractivity contribution in [2.24, 2.45) is 0 Å². The first-order valence-electron chi connectivity index (χ1n) is 2.83. The summed E-state index contributed by atoms with van der Waals surface area (Å²) in [7, 11) is 0. The fraction of sp³-hybridized carbons (Fsp3) is 0.800. The molecule has 0 aromatic carbocycles. The fourth-order valence-electron chi connectivity index (χ4n) is 0.429. The summed E-state index contributed by atoms with van der Waals surface area (Å²) in [5.74, 6) is 0. The Morgan fingerprint density at radius 3 is 2.09 bits per heavy atom. The predicted molar refractivity (Wildman–Crippen MR) is 47.6 cm³/mol. The minimum absolute atomic E-state index is 0. The number of hydrogen-bond donors (Lipinski definition) is 0. The smallest absolute Gasteiger partial charge is 0.412 e. The van der Waals surface area contributed by atoms with Gasteiger partial charge in [0.05, 0.1) is 6.61 Å². The van der Waals surface area contributed by atoms with Gasteiger partial charge in [0.1, 0.15) is 0 Å². The second kappa shape index (κ2) is 11.0. The zero-order valence-electron chi connectivity index (χ0n) is 7.09. The van der Waals surface area contributed by atoms with Crippen LogP contribution in [-0.4, -0.2) is 28.0 Å². The molecule has 0 atom stereocenters. The topological polar surface area (TPSA) is 44.0 Å². The van der Waals surface area contributed by atoms with Gasteiger partial charge in [-0.3, -0.25) is 9.90 Å². The van der Waals surface area contributed by atoms with Crippen molar-refractivity contribution in [3.63, 3.8) is 0 Å². The minimum atomic E-state index is 0. The van der Waals surface area contributed by atoms with Gasteiger partial charge in [0.2, 0.25) is 0 Å². The molecule has 0 spiro atoms. The molecule has 0 saturated carbocycles. The van der Waals surface area contributed by atoms with Gasteiger partial charge in [0, 0.05) is 6.54 Å². The number of nitrogens with zero attached hydrogens (tertiary/aromatic N) is 1. The van der Waals surface area contributed by atoms with Crippen molar-refractivity contribution >= 4 is 29.2 Å². The molecule has 0 aliphatic heterocycles. The van der Waals surface area contributed by atoms with E-state index in [4.69, 9.17) is 29.7 Å². The molecular formula is C5H12NNaO2S2. The molecule has 0 saturated heterocycles. The molecule has 0 aliphatic carbocycles. The minimum Gasteiger partial charge on any atom is -0.412 e. The van der Waals surface area contributed by atoms with Gasteiger partial charge in [-0.25, -0.2) is 0 Å². The molecule has 0 radical (unpaired) electrons. The van der Waals surface area contributed by atoms with Crippen LogP contribution in [0.1, 0.15) is 13.8 Å². The average molecular weight is 205 g/mol. The summed E-state index contributed by atoms with van der Waals surface area (Å²) in [6.45, 7) is 5.17. The summed E-state index contributed by atoms with van der Waals surface area (Å²) in [6, 6.07) is 0. The van der Waals surface area contributed by atoms with Crippen LogP contribution in [0, 0.1) is 0 Å². The van der Waals surface area contributed by atoms with Crippen LogP contribution in [0.2, 0.25) is 0 Å². The maximum atomic E-state index is 5.04. The maximum Gasteiger partial charge on any atom is 1.00 e. The van der Waals surface area contributed by atoms with Crippen LogP contribution in [0.4, 0.5) is 0 Å². The van der Waals surface area contributed by atoms with Gasteiger partial charge in [-0.1, -0.05) is 0 Å². The van der Waals surface area contributed by atoms with Crippen molar-refractivity contribution in [3.8, 4) is 0 Å². The van der Waals surface area contributed by atoms with Gasteiger partial charge < -0.3 is 30.3 Å². The Kier molecular flexibility index (Phi) is 18.0. The van der Waals surface area contributed by atoms with Crippen LogP contribution in [0.3, 0.4) is 0 Å². The molecule has 0 heterocycles. The summed E-state index contributed by atoms with van der Waals surface area (Å²) >= 11 is 9.39. The van der Waals surface area contributed by atoms with E-state index in [1.807, 2.05) is 13.8 Å². The predicted octanol–water partition coefficient (Wildman–Crippen LogP) is -2.73. The second-order valence-electron chi connectivity index (χ2n) is 1.38. The Bertz CT molecular complexity index is 104. The molecule has 0 aromatic rings. The number of thiocarbonyl (C=S) groups is 1. The maximum absolute atomic E-state index is 5.04. The average Bonchev–Trinajstić information content (AvgIpc) is 1.82. The molecule has 3 nitrogen and oxygen atoms in total. The van der Waals surface area contributed by atoms with Gasteiger partial charge in [0.15, 0.2) is 0 Å². The molecule has 0 fully saturated rings. The summed E-state index contributed by atoms with van der Waals surface area (Å²) in [6.07, 6.45) is 0. The standard InChI is InChI=1S/C5H11NOS2.Na.H2O/c1-3-6(5(8)9)7-4-2;;/h3-4H2,1-2H3,(H,8,9);;1H2/q;+1;/p-1. The Morgan fingerprint density at radius 2 is 2.00 bits per heavy atom. The van der Waals surface area contributed by atoms with Crippen LogP contribution >= 0.6 is 12.2 Å². The van der Waals surface area contributed by atoms with Crippen molar-refractivity contribution in [2.75, 3.05) is 13.2 Å². The van der Waals surface area contributed by atoms with Gasteiger partial charge in [0.25, 0.3) is 0 Å². The third kappa shape index (κ3) is 8.94. The summed E-state index contributed by atoms with van der Waals surface area (Å²) in [5, 5.41) is 1.52. The van der Waals surface area contributed by atoms with E-state index in [-0.39, 0.29) is 35.0 Å². The molecule has 0 aromatic heterocycles. The Hall–Kier alpha value is 1.03. The second-order valence-corrected chi connectivity index (χ2v) is 2.41. The van der Waals surface area contributed by atoms with Crippen molar-refractivity contribution in [1.29, 1.82) is 0 Å². The SMILES string of the molecule is CCON(CC)C(=S)[S-].O.[Na+]. The van der Waals surface area contributed by atoms with Crippen LogP contribution in [-0.2, 0) is 17.5 Å².